The normalized spacial score (nSPS) is 9.50. The maximum absolute atomic E-state index is 7.09. The van der Waals surface area contributed by atoms with E-state index in [9.17, 15) is 0 Å². The Bertz CT molecular complexity index is 531. The van der Waals surface area contributed by atoms with Crippen molar-refractivity contribution in [3.05, 3.63) is 30.5 Å². The van der Waals surface area contributed by atoms with Crippen molar-refractivity contribution in [2.75, 3.05) is 0 Å². The molecule has 6 heteroatoms. The van der Waals surface area contributed by atoms with Gasteiger partial charge in [-0.2, -0.15) is 0 Å². The fraction of sp³-hybridized carbons (Fsp3) is 0. The smallest absolute Gasteiger partial charge is 0.243 e. The second kappa shape index (κ2) is 4.67. The van der Waals surface area contributed by atoms with Crippen LogP contribution in [0.1, 0.15) is 0 Å². The van der Waals surface area contributed by atoms with Gasteiger partial charge in [0.25, 0.3) is 0 Å². The summed E-state index contributed by atoms with van der Waals surface area (Å²) in [4.78, 5) is 3.10. The Kier molecular flexibility index (Phi) is 3.52. The average Bonchev–Trinajstić information content (AvgIpc) is 2.62. The first-order valence-electron chi connectivity index (χ1n) is 4.45. The molecule has 0 aliphatic rings. The highest BCUT2D eigenvalue weighted by atomic mass is 35.5. The Morgan fingerprint density at radius 3 is 2.88 bits per heavy atom. The van der Waals surface area contributed by atoms with Crippen molar-refractivity contribution in [1.82, 2.24) is 10.4 Å². The van der Waals surface area contributed by atoms with Crippen molar-refractivity contribution in [2.45, 2.75) is 0 Å². The standard InChI is InChI=1S/C10H12N5.ClH/c1-15(14-10(11)12)8-2-3-9-7(6-8)4-5-13-9;/h2-6,13H,1H2,(H4,11,12,14);1H/q+1;. The number of benzene rings is 1. The summed E-state index contributed by atoms with van der Waals surface area (Å²) in [7, 11) is 0. The summed E-state index contributed by atoms with van der Waals surface area (Å²) < 4.78 is 1.45. The molecule has 0 bridgehead atoms. The average molecular weight is 239 g/mol. The summed E-state index contributed by atoms with van der Waals surface area (Å²) in [5, 5.41) is 8.18. The molecule has 0 spiro atoms. The SMILES string of the molecule is C=[N+](NC(=N)N)c1ccc2[nH]ccc2c1.Cl. The van der Waals surface area contributed by atoms with Gasteiger partial charge in [-0.1, -0.05) is 4.68 Å². The van der Waals surface area contributed by atoms with Crippen LogP contribution in [0.15, 0.2) is 30.5 Å². The highest BCUT2D eigenvalue weighted by molar-refractivity contribution is 5.85. The van der Waals surface area contributed by atoms with Crippen LogP contribution >= 0.6 is 12.4 Å². The van der Waals surface area contributed by atoms with Crippen LogP contribution in [-0.4, -0.2) is 22.3 Å². The summed E-state index contributed by atoms with van der Waals surface area (Å²) in [5.74, 6) is -0.140. The fourth-order valence-electron chi connectivity index (χ4n) is 1.42. The van der Waals surface area contributed by atoms with Crippen LogP contribution < -0.4 is 11.2 Å². The molecule has 0 saturated carbocycles. The predicted molar refractivity (Wildman–Crippen MR) is 67.6 cm³/mol. The van der Waals surface area contributed by atoms with Crippen LogP contribution in [0, 0.1) is 5.41 Å². The van der Waals surface area contributed by atoms with Crippen LogP contribution in [0.5, 0.6) is 0 Å². The summed E-state index contributed by atoms with van der Waals surface area (Å²) in [6.07, 6.45) is 1.88. The minimum Gasteiger partial charge on any atom is -0.366 e. The van der Waals surface area contributed by atoms with Gasteiger partial charge in [0.2, 0.25) is 11.6 Å². The van der Waals surface area contributed by atoms with E-state index in [0.29, 0.717) is 0 Å². The maximum Gasteiger partial charge on any atom is 0.243 e. The molecule has 5 nitrogen and oxygen atoms in total. The second-order valence-electron chi connectivity index (χ2n) is 3.20. The largest absolute Gasteiger partial charge is 0.366 e. The number of nitrogens with two attached hydrogens (primary N) is 1. The van der Waals surface area contributed by atoms with E-state index in [-0.39, 0.29) is 18.4 Å². The first-order valence-corrected chi connectivity index (χ1v) is 4.45. The van der Waals surface area contributed by atoms with Gasteiger partial charge >= 0.3 is 0 Å². The summed E-state index contributed by atoms with van der Waals surface area (Å²) in [6.45, 7) is 3.73. The number of nitrogens with one attached hydrogen (secondary N) is 3. The lowest BCUT2D eigenvalue weighted by Crippen LogP contribution is -2.35. The summed E-state index contributed by atoms with van der Waals surface area (Å²) in [5.41, 5.74) is 9.71. The molecule has 0 aliphatic carbocycles. The van der Waals surface area contributed by atoms with Gasteiger partial charge in [-0.05, 0) is 12.1 Å². The third-order valence-electron chi connectivity index (χ3n) is 2.10. The highest BCUT2D eigenvalue weighted by Gasteiger charge is 2.08. The molecule has 1 aromatic carbocycles. The number of rotatable bonds is 2. The molecule has 1 heterocycles. The summed E-state index contributed by atoms with van der Waals surface area (Å²) >= 11 is 0. The lowest BCUT2D eigenvalue weighted by Gasteiger charge is -2.00. The first-order chi connectivity index (χ1) is 7.16. The van der Waals surface area contributed by atoms with E-state index in [0.717, 1.165) is 16.6 Å². The van der Waals surface area contributed by atoms with E-state index in [1.807, 2.05) is 30.5 Å². The number of fused-ring (bicyclic) bond motifs is 1. The number of aromatic amines is 1. The number of aromatic nitrogens is 1. The fourth-order valence-corrected chi connectivity index (χ4v) is 1.42. The number of H-pyrrole nitrogens is 1. The van der Waals surface area contributed by atoms with Crippen LogP contribution in [0.4, 0.5) is 5.69 Å². The van der Waals surface area contributed by atoms with Gasteiger partial charge < -0.3 is 10.7 Å². The number of guanidine groups is 1. The van der Waals surface area contributed by atoms with Crippen molar-refractivity contribution in [2.24, 2.45) is 5.73 Å². The third kappa shape index (κ3) is 2.32. The van der Waals surface area contributed by atoms with Crippen LogP contribution in [0.2, 0.25) is 0 Å². The van der Waals surface area contributed by atoms with E-state index in [1.54, 1.807) is 0 Å². The Morgan fingerprint density at radius 2 is 2.19 bits per heavy atom. The molecule has 0 fully saturated rings. The van der Waals surface area contributed by atoms with Gasteiger partial charge in [0.05, 0.1) is 0 Å². The number of halogens is 1. The number of hydrogen-bond donors (Lipinski definition) is 4. The number of nitrogens with zero attached hydrogens (tertiary/aromatic N) is 1. The molecule has 0 amide bonds. The molecule has 0 atom stereocenters. The molecular weight excluding hydrogens is 226 g/mol. The molecule has 0 radical (unpaired) electrons. The zero-order chi connectivity index (χ0) is 10.8. The highest BCUT2D eigenvalue weighted by Crippen LogP contribution is 2.18. The van der Waals surface area contributed by atoms with Gasteiger partial charge in [0.15, 0.2) is 6.72 Å². The van der Waals surface area contributed by atoms with Crippen molar-refractivity contribution in [1.29, 1.82) is 5.41 Å². The van der Waals surface area contributed by atoms with Gasteiger partial charge in [0.1, 0.15) is 0 Å². The van der Waals surface area contributed by atoms with E-state index < -0.39 is 0 Å². The van der Waals surface area contributed by atoms with Gasteiger partial charge in [-0.3, -0.25) is 5.41 Å². The summed E-state index contributed by atoms with van der Waals surface area (Å²) in [6, 6.07) is 7.77. The van der Waals surface area contributed by atoms with Gasteiger partial charge in [-0.25, -0.2) is 0 Å². The van der Waals surface area contributed by atoms with Crippen molar-refractivity contribution >= 4 is 41.7 Å². The number of hydrazine groups is 1. The van der Waals surface area contributed by atoms with Crippen molar-refractivity contribution < 1.29 is 4.68 Å². The Hall–Kier alpha value is -2.01. The molecule has 0 saturated heterocycles. The van der Waals surface area contributed by atoms with Crippen LogP contribution in [-0.2, 0) is 0 Å². The zero-order valence-electron chi connectivity index (χ0n) is 8.53. The molecule has 0 unspecified atom stereocenters. The molecule has 0 aliphatic heterocycles. The zero-order valence-corrected chi connectivity index (χ0v) is 9.34. The second-order valence-corrected chi connectivity index (χ2v) is 3.20. The van der Waals surface area contributed by atoms with E-state index >= 15 is 0 Å². The quantitative estimate of drug-likeness (QED) is 0.276. The van der Waals surface area contributed by atoms with Crippen LogP contribution in [0.3, 0.4) is 0 Å². The Morgan fingerprint density at radius 1 is 1.44 bits per heavy atom. The monoisotopic (exact) mass is 238 g/mol. The third-order valence-corrected chi connectivity index (χ3v) is 2.10. The molecule has 5 N–H and O–H groups in total. The molecule has 2 rings (SSSR count). The molecule has 2 aromatic rings. The molecule has 84 valence electrons. The predicted octanol–water partition coefficient (Wildman–Crippen LogP) is 1.33. The minimum absolute atomic E-state index is 0. The van der Waals surface area contributed by atoms with Gasteiger partial charge in [-0.15, -0.1) is 17.8 Å². The topological polar surface area (TPSA) is 80.7 Å². The Balaban J connectivity index is 0.00000128. The van der Waals surface area contributed by atoms with Crippen molar-refractivity contribution in [3.8, 4) is 0 Å². The first kappa shape index (κ1) is 12.1. The van der Waals surface area contributed by atoms with Gasteiger partial charge in [0, 0.05) is 29.2 Å². The molecule has 1 aromatic heterocycles. The van der Waals surface area contributed by atoms with E-state index in [4.69, 9.17) is 11.1 Å². The van der Waals surface area contributed by atoms with Crippen LogP contribution in [0.25, 0.3) is 10.9 Å². The lowest BCUT2D eigenvalue weighted by atomic mass is 10.2. The number of hydrazone groups is 1. The number of hydrogen-bond acceptors (Lipinski definition) is 1. The molecular formula is C10H13ClN5+. The lowest BCUT2D eigenvalue weighted by molar-refractivity contribution is -0.478. The minimum atomic E-state index is -0.140. The maximum atomic E-state index is 7.09. The molecule has 16 heavy (non-hydrogen) atoms. The van der Waals surface area contributed by atoms with Crippen molar-refractivity contribution in [3.63, 3.8) is 0 Å². The van der Waals surface area contributed by atoms with E-state index in [1.165, 1.54) is 4.68 Å². The van der Waals surface area contributed by atoms with E-state index in [2.05, 4.69) is 17.1 Å². The Labute approximate surface area is 98.9 Å².